The van der Waals surface area contributed by atoms with Gasteiger partial charge in [-0.05, 0) is 56.0 Å². The third kappa shape index (κ3) is 4.48. The topological polar surface area (TPSA) is 121 Å². The van der Waals surface area contributed by atoms with Crippen LogP contribution in [0.5, 0.6) is 5.75 Å². The molecule has 1 aliphatic carbocycles. The highest BCUT2D eigenvalue weighted by Crippen LogP contribution is 2.37. The van der Waals surface area contributed by atoms with E-state index in [1.54, 1.807) is 18.2 Å². The average Bonchev–Trinajstić information content (AvgIpc) is 3.41. The SMILES string of the molecule is CC(C)Oc1ccc(-c2nc(-c3cccc4c3CC[C@H]4NCCC(=O)O)no2)cc1C#N. The summed E-state index contributed by atoms with van der Waals surface area (Å²) in [5.41, 5.74) is 4.25. The van der Waals surface area contributed by atoms with E-state index in [1.807, 2.05) is 26.0 Å². The number of ether oxygens (including phenoxy) is 1. The summed E-state index contributed by atoms with van der Waals surface area (Å²) in [5.74, 6) is 0.531. The lowest BCUT2D eigenvalue weighted by Gasteiger charge is -2.13. The van der Waals surface area contributed by atoms with Gasteiger partial charge in [-0.2, -0.15) is 10.2 Å². The van der Waals surface area contributed by atoms with Gasteiger partial charge in [0.2, 0.25) is 5.82 Å². The number of hydrogen-bond donors (Lipinski definition) is 2. The van der Waals surface area contributed by atoms with Gasteiger partial charge in [-0.3, -0.25) is 4.79 Å². The summed E-state index contributed by atoms with van der Waals surface area (Å²) in [7, 11) is 0. The number of carbonyl (C=O) groups is 1. The summed E-state index contributed by atoms with van der Waals surface area (Å²) in [4.78, 5) is 15.4. The molecule has 0 radical (unpaired) electrons. The van der Waals surface area contributed by atoms with E-state index in [-0.39, 0.29) is 18.6 Å². The first kappa shape index (κ1) is 21.5. The predicted octanol–water partition coefficient (Wildman–Crippen LogP) is 4.11. The quantitative estimate of drug-likeness (QED) is 0.545. The number of aromatic nitrogens is 2. The lowest BCUT2D eigenvalue weighted by Crippen LogP contribution is -2.22. The smallest absolute Gasteiger partial charge is 0.304 e. The summed E-state index contributed by atoms with van der Waals surface area (Å²) in [6.07, 6.45) is 1.79. The molecule has 0 aliphatic heterocycles. The largest absolute Gasteiger partial charge is 0.490 e. The summed E-state index contributed by atoms with van der Waals surface area (Å²) in [5, 5.41) is 25.8. The van der Waals surface area contributed by atoms with E-state index in [0.717, 1.165) is 29.5 Å². The third-order valence-corrected chi connectivity index (χ3v) is 5.38. The minimum absolute atomic E-state index is 0.0365. The van der Waals surface area contributed by atoms with E-state index < -0.39 is 5.97 Å². The Kier molecular flexibility index (Phi) is 6.19. The van der Waals surface area contributed by atoms with Crippen molar-refractivity contribution in [2.75, 3.05) is 6.54 Å². The van der Waals surface area contributed by atoms with Gasteiger partial charge in [-0.15, -0.1) is 0 Å². The van der Waals surface area contributed by atoms with Crippen molar-refractivity contribution >= 4 is 5.97 Å². The molecule has 8 nitrogen and oxygen atoms in total. The fourth-order valence-electron chi connectivity index (χ4n) is 3.99. The molecule has 0 amide bonds. The standard InChI is InChI=1S/C24H24N4O4/c1-14(2)31-21-9-6-15(12-16(21)13-25)24-27-23(28-32-24)19-5-3-4-18-17(19)7-8-20(18)26-11-10-22(29)30/h3-6,9,12,14,20,26H,7-8,10-11H2,1-2H3,(H,29,30)/t20-/m1/s1. The zero-order chi connectivity index (χ0) is 22.7. The van der Waals surface area contributed by atoms with E-state index in [9.17, 15) is 10.1 Å². The minimum Gasteiger partial charge on any atom is -0.490 e. The second-order valence-corrected chi connectivity index (χ2v) is 7.97. The number of carboxylic acids is 1. The molecule has 0 saturated carbocycles. The van der Waals surface area contributed by atoms with Crippen LogP contribution in [-0.4, -0.2) is 33.9 Å². The molecule has 1 aliphatic rings. The fourth-order valence-corrected chi connectivity index (χ4v) is 3.99. The zero-order valence-corrected chi connectivity index (χ0v) is 18.0. The molecule has 0 spiro atoms. The van der Waals surface area contributed by atoms with Crippen molar-refractivity contribution in [2.24, 2.45) is 0 Å². The summed E-state index contributed by atoms with van der Waals surface area (Å²) < 4.78 is 11.2. The van der Waals surface area contributed by atoms with Crippen molar-refractivity contribution in [3.63, 3.8) is 0 Å². The van der Waals surface area contributed by atoms with E-state index in [2.05, 4.69) is 27.6 Å². The van der Waals surface area contributed by atoms with Crippen LogP contribution in [0.4, 0.5) is 0 Å². The van der Waals surface area contributed by atoms with Gasteiger partial charge < -0.3 is 19.7 Å². The van der Waals surface area contributed by atoms with Crippen LogP contribution in [0.25, 0.3) is 22.8 Å². The van der Waals surface area contributed by atoms with Crippen LogP contribution in [-0.2, 0) is 11.2 Å². The molecular weight excluding hydrogens is 408 g/mol. The number of nitrogens with one attached hydrogen (secondary N) is 1. The van der Waals surface area contributed by atoms with Crippen molar-refractivity contribution in [3.8, 4) is 34.7 Å². The number of hydrogen-bond acceptors (Lipinski definition) is 7. The zero-order valence-electron chi connectivity index (χ0n) is 18.0. The normalized spacial score (nSPS) is 14.9. The van der Waals surface area contributed by atoms with E-state index in [1.165, 1.54) is 0 Å². The van der Waals surface area contributed by atoms with Crippen LogP contribution in [0.1, 0.15) is 49.4 Å². The van der Waals surface area contributed by atoms with Gasteiger partial charge in [-0.25, -0.2) is 0 Å². The predicted molar refractivity (Wildman–Crippen MR) is 117 cm³/mol. The number of benzene rings is 2. The van der Waals surface area contributed by atoms with Gasteiger partial charge in [0.25, 0.3) is 5.89 Å². The summed E-state index contributed by atoms with van der Waals surface area (Å²) in [6, 6.07) is 13.5. The number of aliphatic carboxylic acids is 1. The van der Waals surface area contributed by atoms with Crippen molar-refractivity contribution < 1.29 is 19.2 Å². The Labute approximate surface area is 185 Å². The van der Waals surface area contributed by atoms with Gasteiger partial charge in [0.1, 0.15) is 11.8 Å². The molecule has 1 aromatic heterocycles. The lowest BCUT2D eigenvalue weighted by molar-refractivity contribution is -0.136. The van der Waals surface area contributed by atoms with E-state index in [4.69, 9.17) is 14.4 Å². The summed E-state index contributed by atoms with van der Waals surface area (Å²) >= 11 is 0. The molecule has 2 N–H and O–H groups in total. The first-order chi connectivity index (χ1) is 15.5. The van der Waals surface area contributed by atoms with Crippen molar-refractivity contribution in [2.45, 2.75) is 45.3 Å². The number of rotatable bonds is 8. The number of nitrogens with zero attached hydrogens (tertiary/aromatic N) is 3. The molecule has 8 heteroatoms. The van der Waals surface area contributed by atoms with Crippen LogP contribution in [0.2, 0.25) is 0 Å². The monoisotopic (exact) mass is 432 g/mol. The van der Waals surface area contributed by atoms with E-state index in [0.29, 0.717) is 35.1 Å². The maximum Gasteiger partial charge on any atom is 0.304 e. The molecule has 0 saturated heterocycles. The average molecular weight is 432 g/mol. The fraction of sp³-hybridized carbons (Fsp3) is 0.333. The lowest BCUT2D eigenvalue weighted by atomic mass is 10.0. The number of carboxylic acid groups (broad SMARTS) is 1. The molecule has 1 heterocycles. The minimum atomic E-state index is -0.813. The molecule has 3 aromatic rings. The highest BCUT2D eigenvalue weighted by Gasteiger charge is 2.26. The van der Waals surface area contributed by atoms with Crippen LogP contribution < -0.4 is 10.1 Å². The molecule has 164 valence electrons. The van der Waals surface area contributed by atoms with Crippen LogP contribution in [0.3, 0.4) is 0 Å². The second-order valence-electron chi connectivity index (χ2n) is 7.97. The summed E-state index contributed by atoms with van der Waals surface area (Å²) in [6.45, 7) is 4.24. The van der Waals surface area contributed by atoms with Gasteiger partial charge in [0, 0.05) is 23.7 Å². The Hall–Kier alpha value is -3.70. The Bertz CT molecular complexity index is 1180. The Morgan fingerprint density at radius 3 is 2.97 bits per heavy atom. The molecule has 2 aromatic carbocycles. The molecule has 0 fully saturated rings. The van der Waals surface area contributed by atoms with Gasteiger partial charge >= 0.3 is 5.97 Å². The van der Waals surface area contributed by atoms with Crippen molar-refractivity contribution in [1.82, 2.24) is 15.5 Å². The van der Waals surface area contributed by atoms with Crippen molar-refractivity contribution in [3.05, 3.63) is 53.1 Å². The first-order valence-corrected chi connectivity index (χ1v) is 10.6. The maximum atomic E-state index is 10.8. The van der Waals surface area contributed by atoms with E-state index >= 15 is 0 Å². The number of fused-ring (bicyclic) bond motifs is 1. The highest BCUT2D eigenvalue weighted by atomic mass is 16.5. The van der Waals surface area contributed by atoms with Gasteiger partial charge in [-0.1, -0.05) is 23.4 Å². The van der Waals surface area contributed by atoms with Crippen molar-refractivity contribution in [1.29, 1.82) is 5.26 Å². The molecule has 0 unspecified atom stereocenters. The van der Waals surface area contributed by atoms with Gasteiger partial charge in [0.15, 0.2) is 0 Å². The molecule has 4 rings (SSSR count). The van der Waals surface area contributed by atoms with Crippen LogP contribution in [0.15, 0.2) is 40.9 Å². The Balaban J connectivity index is 1.58. The number of nitriles is 1. The third-order valence-electron chi connectivity index (χ3n) is 5.38. The maximum absolute atomic E-state index is 10.8. The molecule has 1 atom stereocenters. The van der Waals surface area contributed by atoms with Crippen LogP contribution >= 0.6 is 0 Å². The molecule has 0 bridgehead atoms. The Morgan fingerprint density at radius 1 is 1.38 bits per heavy atom. The second kappa shape index (κ2) is 9.20. The Morgan fingerprint density at radius 2 is 2.22 bits per heavy atom. The molecule has 32 heavy (non-hydrogen) atoms. The van der Waals surface area contributed by atoms with Gasteiger partial charge in [0.05, 0.1) is 18.1 Å². The first-order valence-electron chi connectivity index (χ1n) is 10.6. The highest BCUT2D eigenvalue weighted by molar-refractivity contribution is 5.68. The van der Waals surface area contributed by atoms with Crippen LogP contribution in [0, 0.1) is 11.3 Å². The molecular formula is C24H24N4O4.